The highest BCUT2D eigenvalue weighted by molar-refractivity contribution is 6.01. The fourth-order valence-corrected chi connectivity index (χ4v) is 2.76. The molecule has 0 radical (unpaired) electrons. The summed E-state index contributed by atoms with van der Waals surface area (Å²) < 4.78 is 15.7. The van der Waals surface area contributed by atoms with E-state index in [-0.39, 0.29) is 18.8 Å². The fraction of sp³-hybridized carbons (Fsp3) is 0.125. The zero-order valence-corrected chi connectivity index (χ0v) is 17.4. The first-order chi connectivity index (χ1) is 15.6. The number of esters is 1. The average Bonchev–Trinajstić information content (AvgIpc) is 2.81. The number of methoxy groups -OCH3 is 1. The molecule has 3 rings (SSSR count). The van der Waals surface area contributed by atoms with E-state index in [2.05, 4.69) is 10.6 Å². The molecule has 0 atom stereocenters. The molecule has 0 aliphatic rings. The van der Waals surface area contributed by atoms with Crippen LogP contribution in [0.2, 0.25) is 0 Å². The minimum Gasteiger partial charge on any atom is -0.465 e. The lowest BCUT2D eigenvalue weighted by Gasteiger charge is -2.12. The minimum atomic E-state index is -0.572. The zero-order valence-electron chi connectivity index (χ0n) is 17.4. The highest BCUT2D eigenvalue weighted by Crippen LogP contribution is 2.29. The molecular formula is C24H22N2O6. The number of hydrogen-bond acceptors (Lipinski definition) is 6. The summed E-state index contributed by atoms with van der Waals surface area (Å²) in [4.78, 5) is 36.2. The van der Waals surface area contributed by atoms with Crippen LogP contribution in [0.1, 0.15) is 10.4 Å². The Kier molecular flexibility index (Phi) is 7.94. The lowest BCUT2D eigenvalue weighted by atomic mass is 10.2. The van der Waals surface area contributed by atoms with Gasteiger partial charge in [-0.2, -0.15) is 0 Å². The molecule has 0 saturated carbocycles. The Balaban J connectivity index is 1.50. The van der Waals surface area contributed by atoms with Gasteiger partial charge in [0.15, 0.2) is 5.75 Å². The van der Waals surface area contributed by atoms with Gasteiger partial charge >= 0.3 is 5.97 Å². The van der Waals surface area contributed by atoms with E-state index >= 15 is 0 Å². The van der Waals surface area contributed by atoms with E-state index in [9.17, 15) is 14.4 Å². The summed E-state index contributed by atoms with van der Waals surface area (Å²) in [6.45, 7) is -0.711. The molecule has 0 spiro atoms. The molecule has 0 bridgehead atoms. The molecule has 3 aromatic carbocycles. The van der Waals surface area contributed by atoms with Crippen LogP contribution in [0.25, 0.3) is 0 Å². The third-order valence-electron chi connectivity index (χ3n) is 4.20. The number of ether oxygens (including phenoxy) is 3. The van der Waals surface area contributed by atoms with E-state index in [1.54, 1.807) is 54.6 Å². The molecule has 3 aromatic rings. The van der Waals surface area contributed by atoms with Crippen molar-refractivity contribution in [3.8, 4) is 11.5 Å². The van der Waals surface area contributed by atoms with Crippen LogP contribution in [0.3, 0.4) is 0 Å². The largest absolute Gasteiger partial charge is 0.465 e. The number of carbonyl (C=O) groups is 3. The van der Waals surface area contributed by atoms with Crippen molar-refractivity contribution >= 4 is 29.2 Å². The summed E-state index contributed by atoms with van der Waals surface area (Å²) in [5.41, 5.74) is 0.988. The number of amides is 2. The molecule has 2 amide bonds. The van der Waals surface area contributed by atoms with Gasteiger partial charge in [-0.15, -0.1) is 0 Å². The van der Waals surface area contributed by atoms with Gasteiger partial charge in [0, 0.05) is 0 Å². The van der Waals surface area contributed by atoms with Crippen LogP contribution in [0.5, 0.6) is 11.5 Å². The van der Waals surface area contributed by atoms with E-state index in [1.165, 1.54) is 13.2 Å². The molecule has 8 nitrogen and oxygen atoms in total. The van der Waals surface area contributed by atoms with Gasteiger partial charge < -0.3 is 24.8 Å². The average molecular weight is 434 g/mol. The molecular weight excluding hydrogens is 412 g/mol. The molecule has 0 unspecified atom stereocenters. The molecule has 0 fully saturated rings. The topological polar surface area (TPSA) is 103 Å². The quantitative estimate of drug-likeness (QED) is 0.496. The fourth-order valence-electron chi connectivity index (χ4n) is 2.76. The molecule has 0 aliphatic carbocycles. The highest BCUT2D eigenvalue weighted by atomic mass is 16.5. The lowest BCUT2D eigenvalue weighted by Crippen LogP contribution is -2.24. The molecule has 32 heavy (non-hydrogen) atoms. The molecule has 8 heteroatoms. The Bertz CT molecular complexity index is 1080. The van der Waals surface area contributed by atoms with Gasteiger partial charge in [-0.1, -0.05) is 42.5 Å². The van der Waals surface area contributed by atoms with Crippen molar-refractivity contribution < 1.29 is 28.6 Å². The van der Waals surface area contributed by atoms with Crippen molar-refractivity contribution in [1.82, 2.24) is 0 Å². The van der Waals surface area contributed by atoms with E-state index in [4.69, 9.17) is 14.2 Å². The summed E-state index contributed by atoms with van der Waals surface area (Å²) in [7, 11) is 1.26. The monoisotopic (exact) mass is 434 g/mol. The molecule has 164 valence electrons. The van der Waals surface area contributed by atoms with Crippen molar-refractivity contribution in [3.05, 3.63) is 84.4 Å². The maximum atomic E-state index is 12.3. The van der Waals surface area contributed by atoms with E-state index in [0.717, 1.165) is 0 Å². The second-order valence-corrected chi connectivity index (χ2v) is 6.54. The van der Waals surface area contributed by atoms with Gasteiger partial charge in [0.05, 0.1) is 24.0 Å². The molecule has 0 aromatic heterocycles. The van der Waals surface area contributed by atoms with E-state index in [0.29, 0.717) is 22.9 Å². The van der Waals surface area contributed by atoms with Crippen molar-refractivity contribution in [3.63, 3.8) is 0 Å². The van der Waals surface area contributed by atoms with Crippen molar-refractivity contribution in [1.29, 1.82) is 0 Å². The summed E-state index contributed by atoms with van der Waals surface area (Å²) >= 11 is 0. The third kappa shape index (κ3) is 6.41. The van der Waals surface area contributed by atoms with Crippen LogP contribution in [0.15, 0.2) is 78.9 Å². The maximum absolute atomic E-state index is 12.3. The zero-order chi connectivity index (χ0) is 22.8. The Morgan fingerprint density at radius 1 is 0.719 bits per heavy atom. The number of hydrogen-bond donors (Lipinski definition) is 2. The SMILES string of the molecule is COC(=O)c1ccccc1NC(=O)COCC(=O)Nc1ccccc1Oc1ccccc1. The summed E-state index contributed by atoms with van der Waals surface area (Å²) in [6, 6.07) is 22.6. The molecule has 2 N–H and O–H groups in total. The van der Waals surface area contributed by atoms with Crippen LogP contribution in [-0.4, -0.2) is 38.1 Å². The lowest BCUT2D eigenvalue weighted by molar-refractivity contribution is -0.125. The standard InChI is InChI=1S/C24H22N2O6/c1-30-24(29)18-11-5-6-12-19(18)25-22(27)15-31-16-23(28)26-20-13-7-8-14-21(20)32-17-9-3-2-4-10-17/h2-14H,15-16H2,1H3,(H,25,27)(H,26,28). The highest BCUT2D eigenvalue weighted by Gasteiger charge is 2.14. The number of carbonyl (C=O) groups excluding carboxylic acids is 3. The van der Waals surface area contributed by atoms with E-state index in [1.807, 2.05) is 18.2 Å². The second-order valence-electron chi connectivity index (χ2n) is 6.54. The number of anilines is 2. The van der Waals surface area contributed by atoms with Crippen LogP contribution in [-0.2, 0) is 19.1 Å². The summed E-state index contributed by atoms with van der Waals surface area (Å²) in [5, 5.41) is 5.27. The van der Waals surface area contributed by atoms with Gasteiger partial charge in [0.1, 0.15) is 19.0 Å². The normalized spacial score (nSPS) is 10.2. The Morgan fingerprint density at radius 3 is 1.97 bits per heavy atom. The van der Waals surface area contributed by atoms with Crippen molar-refractivity contribution in [2.75, 3.05) is 31.0 Å². The van der Waals surface area contributed by atoms with Crippen LogP contribution in [0, 0.1) is 0 Å². The van der Waals surface area contributed by atoms with Gasteiger partial charge in [-0.25, -0.2) is 4.79 Å². The summed E-state index contributed by atoms with van der Waals surface area (Å²) in [6.07, 6.45) is 0. The van der Waals surface area contributed by atoms with Gasteiger partial charge in [-0.05, 0) is 36.4 Å². The maximum Gasteiger partial charge on any atom is 0.339 e. The third-order valence-corrected chi connectivity index (χ3v) is 4.20. The Labute approximate surface area is 185 Å². The van der Waals surface area contributed by atoms with Crippen LogP contribution in [0.4, 0.5) is 11.4 Å². The van der Waals surface area contributed by atoms with Gasteiger partial charge in [-0.3, -0.25) is 9.59 Å². The Morgan fingerprint density at radius 2 is 1.28 bits per heavy atom. The number of para-hydroxylation sites is 4. The first kappa shape index (κ1) is 22.5. The number of nitrogens with one attached hydrogen (secondary N) is 2. The van der Waals surface area contributed by atoms with Gasteiger partial charge in [0.25, 0.3) is 0 Å². The smallest absolute Gasteiger partial charge is 0.339 e. The van der Waals surface area contributed by atoms with Crippen LogP contribution < -0.4 is 15.4 Å². The van der Waals surface area contributed by atoms with Crippen LogP contribution >= 0.6 is 0 Å². The molecule has 0 saturated heterocycles. The predicted octanol–water partition coefficient (Wildman–Crippen LogP) is 3.86. The van der Waals surface area contributed by atoms with Gasteiger partial charge in [0.2, 0.25) is 11.8 Å². The molecule has 0 heterocycles. The minimum absolute atomic E-state index is 0.219. The molecule has 0 aliphatic heterocycles. The predicted molar refractivity (Wildman–Crippen MR) is 119 cm³/mol. The van der Waals surface area contributed by atoms with Crippen molar-refractivity contribution in [2.24, 2.45) is 0 Å². The van der Waals surface area contributed by atoms with E-state index < -0.39 is 17.8 Å². The first-order valence-corrected chi connectivity index (χ1v) is 9.73. The number of benzene rings is 3. The van der Waals surface area contributed by atoms with Crippen molar-refractivity contribution in [2.45, 2.75) is 0 Å². The first-order valence-electron chi connectivity index (χ1n) is 9.73. The summed E-state index contributed by atoms with van der Waals surface area (Å²) in [5.74, 6) is -0.421. The Hall–Kier alpha value is -4.17. The number of rotatable bonds is 9. The second kappa shape index (κ2) is 11.3.